The molecule has 2 unspecified atom stereocenters. The summed E-state index contributed by atoms with van der Waals surface area (Å²) in [5.74, 6) is 0.992. The topological polar surface area (TPSA) is 49.5 Å². The Morgan fingerprint density at radius 2 is 2.00 bits per heavy atom. The Morgan fingerprint density at radius 3 is 2.50 bits per heavy atom. The lowest BCUT2D eigenvalue weighted by Crippen LogP contribution is -2.21. The molecule has 2 rings (SSSR count). The SMILES string of the molecule is Cc1cc(O)c(C(C)(C)C)cc1C1CC(CN)CN1C. The fraction of sp³-hybridized carbons (Fsp3) is 0.647. The Kier molecular flexibility index (Phi) is 4.12. The molecule has 0 saturated carbocycles. The Hall–Kier alpha value is -1.06. The highest BCUT2D eigenvalue weighted by Crippen LogP contribution is 2.40. The quantitative estimate of drug-likeness (QED) is 0.873. The number of hydrogen-bond donors (Lipinski definition) is 2. The molecular formula is C17H28N2O. The molecule has 0 bridgehead atoms. The lowest BCUT2D eigenvalue weighted by molar-refractivity contribution is 0.312. The first kappa shape index (κ1) is 15.3. The van der Waals surface area contributed by atoms with Gasteiger partial charge in [0.05, 0.1) is 0 Å². The monoisotopic (exact) mass is 276 g/mol. The lowest BCUT2D eigenvalue weighted by atomic mass is 9.83. The van der Waals surface area contributed by atoms with Crippen molar-refractivity contribution in [1.29, 1.82) is 0 Å². The van der Waals surface area contributed by atoms with Gasteiger partial charge in [-0.05, 0) is 67.1 Å². The van der Waals surface area contributed by atoms with E-state index in [0.717, 1.165) is 25.1 Å². The molecular weight excluding hydrogens is 248 g/mol. The second-order valence-electron chi connectivity index (χ2n) is 7.27. The molecule has 3 N–H and O–H groups in total. The summed E-state index contributed by atoms with van der Waals surface area (Å²) in [4.78, 5) is 2.39. The molecule has 20 heavy (non-hydrogen) atoms. The van der Waals surface area contributed by atoms with Gasteiger partial charge in [0.15, 0.2) is 0 Å². The van der Waals surface area contributed by atoms with Crippen LogP contribution in [0.15, 0.2) is 12.1 Å². The van der Waals surface area contributed by atoms with Crippen molar-refractivity contribution in [2.45, 2.75) is 45.6 Å². The Morgan fingerprint density at radius 1 is 1.35 bits per heavy atom. The molecule has 3 heteroatoms. The first-order valence-electron chi connectivity index (χ1n) is 7.48. The molecule has 0 aromatic heterocycles. The lowest BCUT2D eigenvalue weighted by Gasteiger charge is -2.26. The molecule has 1 heterocycles. The summed E-state index contributed by atoms with van der Waals surface area (Å²) in [6.07, 6.45) is 1.11. The molecule has 1 fully saturated rings. The molecule has 0 spiro atoms. The van der Waals surface area contributed by atoms with Crippen LogP contribution in [0.2, 0.25) is 0 Å². The zero-order chi connectivity index (χ0) is 15.1. The van der Waals surface area contributed by atoms with Crippen LogP contribution in [0.25, 0.3) is 0 Å². The molecule has 2 atom stereocenters. The van der Waals surface area contributed by atoms with Crippen LogP contribution in [0.3, 0.4) is 0 Å². The van der Waals surface area contributed by atoms with Gasteiger partial charge in [-0.15, -0.1) is 0 Å². The van der Waals surface area contributed by atoms with Gasteiger partial charge in [0.2, 0.25) is 0 Å². The number of benzene rings is 1. The summed E-state index contributed by atoms with van der Waals surface area (Å²) < 4.78 is 0. The van der Waals surface area contributed by atoms with Gasteiger partial charge in [0.25, 0.3) is 0 Å². The predicted octanol–water partition coefficient (Wildman–Crippen LogP) is 2.95. The average Bonchev–Trinajstić information content (AvgIpc) is 2.69. The van der Waals surface area contributed by atoms with E-state index < -0.39 is 0 Å². The van der Waals surface area contributed by atoms with Crippen LogP contribution in [0, 0.1) is 12.8 Å². The molecule has 0 radical (unpaired) electrons. The maximum atomic E-state index is 10.2. The van der Waals surface area contributed by atoms with Crippen LogP contribution in [-0.4, -0.2) is 30.1 Å². The number of phenolic OH excluding ortho intramolecular Hbond substituents is 1. The highest BCUT2D eigenvalue weighted by atomic mass is 16.3. The number of likely N-dealkylation sites (tertiary alicyclic amines) is 1. The van der Waals surface area contributed by atoms with Crippen molar-refractivity contribution >= 4 is 0 Å². The Bertz CT molecular complexity index is 490. The summed E-state index contributed by atoms with van der Waals surface area (Å²) in [7, 11) is 2.17. The maximum absolute atomic E-state index is 10.2. The number of aromatic hydroxyl groups is 1. The third-order valence-corrected chi connectivity index (χ3v) is 4.52. The van der Waals surface area contributed by atoms with E-state index in [-0.39, 0.29) is 5.41 Å². The minimum atomic E-state index is -0.0447. The van der Waals surface area contributed by atoms with E-state index in [1.165, 1.54) is 11.1 Å². The van der Waals surface area contributed by atoms with E-state index in [1.54, 1.807) is 0 Å². The van der Waals surface area contributed by atoms with Crippen molar-refractivity contribution in [3.05, 3.63) is 28.8 Å². The smallest absolute Gasteiger partial charge is 0.119 e. The van der Waals surface area contributed by atoms with E-state index in [1.807, 2.05) is 6.07 Å². The van der Waals surface area contributed by atoms with Crippen molar-refractivity contribution in [3.8, 4) is 5.75 Å². The van der Waals surface area contributed by atoms with E-state index in [4.69, 9.17) is 5.73 Å². The van der Waals surface area contributed by atoms with E-state index in [9.17, 15) is 5.11 Å². The minimum absolute atomic E-state index is 0.0447. The third kappa shape index (κ3) is 2.84. The first-order valence-corrected chi connectivity index (χ1v) is 7.48. The van der Waals surface area contributed by atoms with Gasteiger partial charge >= 0.3 is 0 Å². The van der Waals surface area contributed by atoms with Crippen molar-refractivity contribution < 1.29 is 5.11 Å². The first-order chi connectivity index (χ1) is 9.24. The fourth-order valence-corrected chi connectivity index (χ4v) is 3.31. The van der Waals surface area contributed by atoms with Gasteiger partial charge in [-0.2, -0.15) is 0 Å². The van der Waals surface area contributed by atoms with Gasteiger partial charge in [-0.3, -0.25) is 4.90 Å². The van der Waals surface area contributed by atoms with Crippen LogP contribution in [0.5, 0.6) is 5.75 Å². The number of hydrogen-bond acceptors (Lipinski definition) is 3. The zero-order valence-electron chi connectivity index (χ0n) is 13.4. The zero-order valence-corrected chi connectivity index (χ0v) is 13.4. The number of nitrogens with zero attached hydrogens (tertiary/aromatic N) is 1. The molecule has 1 aromatic rings. The molecule has 1 aliphatic rings. The van der Waals surface area contributed by atoms with Crippen molar-refractivity contribution in [2.75, 3.05) is 20.1 Å². The largest absolute Gasteiger partial charge is 0.508 e. The summed E-state index contributed by atoms with van der Waals surface area (Å²) in [6.45, 7) is 10.3. The Balaban J connectivity index is 2.42. The average molecular weight is 276 g/mol. The van der Waals surface area contributed by atoms with Gasteiger partial charge in [-0.1, -0.05) is 20.8 Å². The molecule has 0 amide bonds. The number of rotatable bonds is 2. The minimum Gasteiger partial charge on any atom is -0.508 e. The Labute approximate surface area is 122 Å². The molecule has 0 aliphatic carbocycles. The second-order valence-corrected chi connectivity index (χ2v) is 7.27. The maximum Gasteiger partial charge on any atom is 0.119 e. The van der Waals surface area contributed by atoms with Crippen molar-refractivity contribution in [2.24, 2.45) is 11.7 Å². The number of aryl methyl sites for hydroxylation is 1. The van der Waals surface area contributed by atoms with E-state index in [2.05, 4.69) is 45.7 Å². The van der Waals surface area contributed by atoms with Crippen LogP contribution in [-0.2, 0) is 5.41 Å². The molecule has 112 valence electrons. The van der Waals surface area contributed by atoms with Gasteiger partial charge in [0.1, 0.15) is 5.75 Å². The summed E-state index contributed by atoms with van der Waals surface area (Å²) in [6, 6.07) is 4.54. The van der Waals surface area contributed by atoms with Crippen molar-refractivity contribution in [1.82, 2.24) is 4.90 Å². The number of nitrogens with two attached hydrogens (primary N) is 1. The third-order valence-electron chi connectivity index (χ3n) is 4.52. The van der Waals surface area contributed by atoms with E-state index >= 15 is 0 Å². The van der Waals surface area contributed by atoms with Crippen LogP contribution in [0.4, 0.5) is 0 Å². The van der Waals surface area contributed by atoms with Gasteiger partial charge in [0, 0.05) is 12.6 Å². The predicted molar refractivity (Wildman–Crippen MR) is 84.1 cm³/mol. The molecule has 1 aromatic carbocycles. The summed E-state index contributed by atoms with van der Waals surface area (Å²) in [5.41, 5.74) is 9.33. The van der Waals surface area contributed by atoms with Gasteiger partial charge in [-0.25, -0.2) is 0 Å². The molecule has 3 nitrogen and oxygen atoms in total. The highest BCUT2D eigenvalue weighted by Gasteiger charge is 2.32. The standard InChI is InChI=1S/C17H28N2O/c1-11-6-16(20)14(17(2,3)4)8-13(11)15-7-12(9-18)10-19(15)5/h6,8,12,15,20H,7,9-10,18H2,1-5H3. The fourth-order valence-electron chi connectivity index (χ4n) is 3.31. The number of phenols is 1. The van der Waals surface area contributed by atoms with Gasteiger partial charge < -0.3 is 10.8 Å². The van der Waals surface area contributed by atoms with Crippen molar-refractivity contribution in [3.63, 3.8) is 0 Å². The summed E-state index contributed by atoms with van der Waals surface area (Å²) in [5, 5.41) is 10.2. The highest BCUT2D eigenvalue weighted by molar-refractivity contribution is 5.46. The normalized spacial score (nSPS) is 24.3. The summed E-state index contributed by atoms with van der Waals surface area (Å²) >= 11 is 0. The van der Waals surface area contributed by atoms with Crippen LogP contribution >= 0.6 is 0 Å². The second kappa shape index (κ2) is 5.38. The van der Waals surface area contributed by atoms with E-state index in [0.29, 0.717) is 17.7 Å². The molecule has 1 saturated heterocycles. The van der Waals surface area contributed by atoms with Crippen LogP contribution in [0.1, 0.15) is 49.9 Å². The molecule has 1 aliphatic heterocycles. The van der Waals surface area contributed by atoms with Crippen LogP contribution < -0.4 is 5.73 Å².